The third-order valence-corrected chi connectivity index (χ3v) is 5.19. The molecular weight excluding hydrogens is 478 g/mol. The van der Waals surface area contributed by atoms with E-state index in [1.165, 1.54) is 0 Å². The molecule has 0 fully saturated rings. The van der Waals surface area contributed by atoms with Crippen LogP contribution in [0, 0.1) is 0 Å². The molecule has 0 aliphatic heterocycles. The number of carboxylic acids is 2. The summed E-state index contributed by atoms with van der Waals surface area (Å²) in [6, 6.07) is -5.13. The van der Waals surface area contributed by atoms with Gasteiger partial charge in [0.2, 0.25) is 23.6 Å². The predicted octanol–water partition coefficient (Wildman–Crippen LogP) is -3.15. The number of carbonyl (C=O) groups excluding carboxylic acids is 4. The Kier molecular flexibility index (Phi) is 16.4. The van der Waals surface area contributed by atoms with E-state index in [2.05, 4.69) is 16.0 Å². The quantitative estimate of drug-likeness (QED) is 0.0726. The first-order chi connectivity index (χ1) is 16.9. The molecule has 4 unspecified atom stereocenters. The van der Waals surface area contributed by atoms with Crippen LogP contribution >= 0.6 is 0 Å². The molecule has 4 atom stereocenters. The Morgan fingerprint density at radius 3 is 1.61 bits per heavy atom. The SMILES string of the molecule is NCCCCC(N)C(=O)NC(CCC(=O)O)C(=O)NC(CCCCN)C(=O)NC(CC(N)=O)C(=O)O. The third kappa shape index (κ3) is 14.2. The molecule has 0 saturated carbocycles. The van der Waals surface area contributed by atoms with E-state index in [-0.39, 0.29) is 12.8 Å². The summed E-state index contributed by atoms with van der Waals surface area (Å²) in [4.78, 5) is 71.7. The van der Waals surface area contributed by atoms with Crippen molar-refractivity contribution in [2.75, 3.05) is 13.1 Å². The molecule has 15 nitrogen and oxygen atoms in total. The van der Waals surface area contributed by atoms with Gasteiger partial charge >= 0.3 is 11.9 Å². The lowest BCUT2D eigenvalue weighted by atomic mass is 10.0. The Bertz CT molecular complexity index is 765. The van der Waals surface area contributed by atoms with Crippen LogP contribution in [-0.4, -0.2) is 83.0 Å². The van der Waals surface area contributed by atoms with Gasteiger partial charge in [-0.15, -0.1) is 0 Å². The number of carbonyl (C=O) groups is 6. The highest BCUT2D eigenvalue weighted by atomic mass is 16.4. The first-order valence-electron chi connectivity index (χ1n) is 11.7. The minimum absolute atomic E-state index is 0.0654. The first-order valence-corrected chi connectivity index (χ1v) is 11.7. The van der Waals surface area contributed by atoms with E-state index in [9.17, 15) is 33.9 Å². The summed E-state index contributed by atoms with van der Waals surface area (Å²) in [5.41, 5.74) is 21.8. The normalized spacial score (nSPS) is 14.1. The standard InChI is InChI=1S/C21H39N7O8/c22-9-3-1-5-12(24)18(32)26-14(7-8-17(30)31)20(34)27-13(6-2-4-10-23)19(33)28-15(21(35)36)11-16(25)29/h12-15H,1-11,22-24H2,(H2,25,29)(H,26,32)(H,27,34)(H,28,33)(H,30,31)(H,35,36). The molecular formula is C21H39N7O8. The molecule has 0 spiro atoms. The Morgan fingerprint density at radius 2 is 1.14 bits per heavy atom. The van der Waals surface area contributed by atoms with Gasteiger partial charge in [0.1, 0.15) is 18.1 Å². The minimum Gasteiger partial charge on any atom is -0.481 e. The lowest BCUT2D eigenvalue weighted by Gasteiger charge is -2.25. The molecule has 0 saturated heterocycles. The van der Waals surface area contributed by atoms with Gasteiger partial charge in [0.25, 0.3) is 0 Å². The summed E-state index contributed by atoms with van der Waals surface area (Å²) in [7, 11) is 0. The van der Waals surface area contributed by atoms with Gasteiger partial charge < -0.3 is 49.1 Å². The van der Waals surface area contributed by atoms with Crippen LogP contribution in [0.4, 0.5) is 0 Å². The van der Waals surface area contributed by atoms with E-state index in [0.29, 0.717) is 45.2 Å². The first kappa shape index (κ1) is 32.7. The fourth-order valence-electron chi connectivity index (χ4n) is 3.16. The van der Waals surface area contributed by atoms with Crippen LogP contribution in [0.25, 0.3) is 0 Å². The summed E-state index contributed by atoms with van der Waals surface area (Å²) in [5.74, 6) is -6.07. The van der Waals surface area contributed by atoms with Gasteiger partial charge in [-0.25, -0.2) is 4.79 Å². The Labute approximate surface area is 209 Å². The molecule has 13 N–H and O–H groups in total. The highest BCUT2D eigenvalue weighted by molar-refractivity contribution is 5.95. The molecule has 15 heteroatoms. The van der Waals surface area contributed by atoms with E-state index >= 15 is 0 Å². The smallest absolute Gasteiger partial charge is 0.326 e. The second-order valence-corrected chi connectivity index (χ2v) is 8.30. The van der Waals surface area contributed by atoms with Crippen LogP contribution < -0.4 is 38.9 Å². The van der Waals surface area contributed by atoms with Crippen LogP contribution in [0.2, 0.25) is 0 Å². The van der Waals surface area contributed by atoms with Crippen LogP contribution in [0.1, 0.15) is 57.8 Å². The Morgan fingerprint density at radius 1 is 0.667 bits per heavy atom. The molecule has 0 aromatic heterocycles. The molecule has 0 heterocycles. The molecule has 0 aromatic rings. The number of aliphatic carboxylic acids is 2. The van der Waals surface area contributed by atoms with Crippen molar-refractivity contribution < 1.29 is 39.0 Å². The summed E-state index contributed by atoms with van der Waals surface area (Å²) < 4.78 is 0. The molecule has 0 rings (SSSR count). The fourth-order valence-corrected chi connectivity index (χ4v) is 3.16. The second kappa shape index (κ2) is 18.0. The number of hydrogen-bond donors (Lipinski definition) is 9. The van der Waals surface area contributed by atoms with Crippen molar-refractivity contribution >= 4 is 35.6 Å². The highest BCUT2D eigenvalue weighted by Gasteiger charge is 2.31. The number of unbranched alkanes of at least 4 members (excludes halogenated alkanes) is 2. The maximum atomic E-state index is 12.9. The summed E-state index contributed by atoms with van der Waals surface area (Å²) in [6.45, 7) is 0.731. The van der Waals surface area contributed by atoms with Crippen LogP contribution in [0.5, 0.6) is 0 Å². The van der Waals surface area contributed by atoms with E-state index in [4.69, 9.17) is 28.0 Å². The Hall–Kier alpha value is -3.30. The van der Waals surface area contributed by atoms with Crippen molar-refractivity contribution in [3.8, 4) is 0 Å². The minimum atomic E-state index is -1.61. The molecule has 36 heavy (non-hydrogen) atoms. The molecule has 0 aliphatic carbocycles. The van der Waals surface area contributed by atoms with E-state index in [1.807, 2.05) is 0 Å². The fraction of sp³-hybridized carbons (Fsp3) is 0.714. The van der Waals surface area contributed by atoms with Crippen molar-refractivity contribution in [1.29, 1.82) is 0 Å². The van der Waals surface area contributed by atoms with Crippen LogP contribution in [-0.2, 0) is 28.8 Å². The number of nitrogens with one attached hydrogen (secondary N) is 3. The maximum absolute atomic E-state index is 12.9. The van der Waals surface area contributed by atoms with Crippen molar-refractivity contribution in [2.45, 2.75) is 82.0 Å². The average molecular weight is 518 g/mol. The summed E-state index contributed by atoms with van der Waals surface area (Å²) >= 11 is 0. The average Bonchev–Trinajstić information content (AvgIpc) is 2.79. The molecule has 0 aromatic carbocycles. The van der Waals surface area contributed by atoms with Crippen LogP contribution in [0.3, 0.4) is 0 Å². The number of amides is 4. The van der Waals surface area contributed by atoms with Gasteiger partial charge in [-0.2, -0.15) is 0 Å². The van der Waals surface area contributed by atoms with E-state index in [1.54, 1.807) is 0 Å². The van der Waals surface area contributed by atoms with Crippen molar-refractivity contribution in [3.05, 3.63) is 0 Å². The number of rotatable bonds is 20. The second-order valence-electron chi connectivity index (χ2n) is 8.30. The van der Waals surface area contributed by atoms with Crippen molar-refractivity contribution in [1.82, 2.24) is 16.0 Å². The lowest BCUT2D eigenvalue weighted by molar-refractivity contribution is -0.143. The summed E-state index contributed by atoms with van der Waals surface area (Å²) in [6.07, 6.45) is 1.09. The predicted molar refractivity (Wildman–Crippen MR) is 128 cm³/mol. The summed E-state index contributed by atoms with van der Waals surface area (Å²) in [5, 5.41) is 25.3. The molecule has 0 radical (unpaired) electrons. The number of carboxylic acid groups (broad SMARTS) is 2. The molecule has 206 valence electrons. The topological polar surface area (TPSA) is 283 Å². The molecule has 0 bridgehead atoms. The highest BCUT2D eigenvalue weighted by Crippen LogP contribution is 2.07. The largest absolute Gasteiger partial charge is 0.481 e. The van der Waals surface area contributed by atoms with Crippen molar-refractivity contribution in [2.24, 2.45) is 22.9 Å². The van der Waals surface area contributed by atoms with Gasteiger partial charge in [-0.1, -0.05) is 6.42 Å². The number of primary amides is 1. The van der Waals surface area contributed by atoms with Gasteiger partial charge in [0.05, 0.1) is 12.5 Å². The Balaban J connectivity index is 5.53. The maximum Gasteiger partial charge on any atom is 0.326 e. The van der Waals surface area contributed by atoms with Gasteiger partial charge in [-0.3, -0.25) is 24.0 Å². The van der Waals surface area contributed by atoms with Gasteiger partial charge in [-0.05, 0) is 51.6 Å². The molecule has 0 aliphatic rings. The van der Waals surface area contributed by atoms with Crippen molar-refractivity contribution in [3.63, 3.8) is 0 Å². The third-order valence-electron chi connectivity index (χ3n) is 5.19. The zero-order chi connectivity index (χ0) is 27.7. The monoisotopic (exact) mass is 517 g/mol. The van der Waals surface area contributed by atoms with Crippen LogP contribution in [0.15, 0.2) is 0 Å². The number of hydrogen-bond acceptors (Lipinski definition) is 9. The lowest BCUT2D eigenvalue weighted by Crippen LogP contribution is -2.57. The van der Waals surface area contributed by atoms with Gasteiger partial charge in [0.15, 0.2) is 0 Å². The van der Waals surface area contributed by atoms with Gasteiger partial charge in [0, 0.05) is 6.42 Å². The van der Waals surface area contributed by atoms with E-state index in [0.717, 1.165) is 0 Å². The zero-order valence-electron chi connectivity index (χ0n) is 20.2. The van der Waals surface area contributed by atoms with E-state index < -0.39 is 72.6 Å². The zero-order valence-corrected chi connectivity index (χ0v) is 20.2. The number of nitrogens with two attached hydrogens (primary N) is 4. The molecule has 4 amide bonds.